The second-order valence-corrected chi connectivity index (χ2v) is 7.48. The van der Waals surface area contributed by atoms with E-state index < -0.39 is 5.91 Å². The average Bonchev–Trinajstić information content (AvgIpc) is 3.05. The Morgan fingerprint density at radius 1 is 0.938 bits per heavy atom. The van der Waals surface area contributed by atoms with Crippen molar-refractivity contribution in [1.29, 1.82) is 0 Å². The Balaban J connectivity index is 1.43. The van der Waals surface area contributed by atoms with Crippen LogP contribution < -0.4 is 16.2 Å². The lowest BCUT2D eigenvalue weighted by molar-refractivity contribution is 0.102. The topological polar surface area (TPSA) is 107 Å². The monoisotopic (exact) mass is 429 g/mol. The molecule has 3 heterocycles. The molecule has 0 aliphatic rings. The summed E-state index contributed by atoms with van der Waals surface area (Å²) in [7, 11) is 1.60. The van der Waals surface area contributed by atoms with Gasteiger partial charge in [-0.25, -0.2) is 4.68 Å². The maximum absolute atomic E-state index is 12.4. The predicted molar refractivity (Wildman–Crippen MR) is 123 cm³/mol. The summed E-state index contributed by atoms with van der Waals surface area (Å²) in [6.45, 7) is 6.00. The smallest absolute Gasteiger partial charge is 0.263 e. The summed E-state index contributed by atoms with van der Waals surface area (Å²) in [6, 6.07) is 13.9. The number of hydrogen-bond acceptors (Lipinski definition) is 6. The highest BCUT2D eigenvalue weighted by Crippen LogP contribution is 2.19. The molecule has 32 heavy (non-hydrogen) atoms. The van der Waals surface area contributed by atoms with Crippen LogP contribution in [0.3, 0.4) is 0 Å². The predicted octanol–water partition coefficient (Wildman–Crippen LogP) is 3.28. The summed E-state index contributed by atoms with van der Waals surface area (Å²) in [5.74, 6) is 0.777. The Hall–Kier alpha value is -4.27. The van der Waals surface area contributed by atoms with Crippen LogP contribution in [0.2, 0.25) is 0 Å². The third-order valence-electron chi connectivity index (χ3n) is 5.30. The van der Waals surface area contributed by atoms with Crippen molar-refractivity contribution in [1.82, 2.24) is 24.5 Å². The molecule has 3 aromatic heterocycles. The van der Waals surface area contributed by atoms with Gasteiger partial charge in [0.15, 0.2) is 11.6 Å². The fourth-order valence-electron chi connectivity index (χ4n) is 3.20. The van der Waals surface area contributed by atoms with Crippen molar-refractivity contribution in [2.75, 3.05) is 10.6 Å². The number of nitrogens with zero attached hydrogens (tertiary/aromatic N) is 5. The maximum Gasteiger partial charge on any atom is 0.263 e. The Morgan fingerprint density at radius 2 is 1.66 bits per heavy atom. The number of carbonyl (C=O) groups is 1. The minimum absolute atomic E-state index is 0.0883. The second-order valence-electron chi connectivity index (χ2n) is 7.48. The maximum atomic E-state index is 12.4. The molecule has 9 nitrogen and oxygen atoms in total. The zero-order valence-corrected chi connectivity index (χ0v) is 18.2. The summed E-state index contributed by atoms with van der Waals surface area (Å²) in [5, 5.41) is 18.9. The fraction of sp³-hybridized carbons (Fsp3) is 0.174. The fourth-order valence-corrected chi connectivity index (χ4v) is 3.20. The molecule has 0 atom stereocenters. The van der Waals surface area contributed by atoms with Crippen LogP contribution in [0.5, 0.6) is 0 Å². The first-order valence-electron chi connectivity index (χ1n) is 10.0. The normalized spacial score (nSPS) is 10.8. The van der Waals surface area contributed by atoms with Gasteiger partial charge in [-0.15, -0.1) is 10.2 Å². The molecule has 0 aliphatic carbocycles. The minimum Gasteiger partial charge on any atom is -0.339 e. The van der Waals surface area contributed by atoms with Crippen molar-refractivity contribution in [2.45, 2.75) is 20.8 Å². The lowest BCUT2D eigenvalue weighted by atomic mass is 10.2. The highest BCUT2D eigenvalue weighted by Gasteiger charge is 2.12. The van der Waals surface area contributed by atoms with E-state index in [-0.39, 0.29) is 11.1 Å². The molecule has 4 aromatic rings. The van der Waals surface area contributed by atoms with E-state index >= 15 is 0 Å². The van der Waals surface area contributed by atoms with E-state index in [1.807, 2.05) is 32.9 Å². The Labute approximate surface area is 184 Å². The van der Waals surface area contributed by atoms with E-state index in [2.05, 4.69) is 25.9 Å². The van der Waals surface area contributed by atoms with E-state index in [4.69, 9.17) is 0 Å². The van der Waals surface area contributed by atoms with Gasteiger partial charge in [-0.3, -0.25) is 9.59 Å². The van der Waals surface area contributed by atoms with Crippen LogP contribution >= 0.6 is 0 Å². The number of aryl methyl sites for hydroxylation is 2. The highest BCUT2D eigenvalue weighted by molar-refractivity contribution is 6.04. The van der Waals surface area contributed by atoms with Crippen LogP contribution in [0.4, 0.5) is 17.2 Å². The molecule has 0 saturated heterocycles. The number of aromatic nitrogens is 5. The number of hydrogen-bond donors (Lipinski definition) is 2. The van der Waals surface area contributed by atoms with Gasteiger partial charge in [-0.1, -0.05) is 0 Å². The first kappa shape index (κ1) is 21.0. The molecule has 1 aromatic carbocycles. The van der Waals surface area contributed by atoms with E-state index in [0.717, 1.165) is 22.6 Å². The van der Waals surface area contributed by atoms with Gasteiger partial charge < -0.3 is 15.2 Å². The Morgan fingerprint density at radius 3 is 2.28 bits per heavy atom. The third kappa shape index (κ3) is 4.13. The molecule has 4 rings (SSSR count). The molecule has 0 radical (unpaired) electrons. The molecule has 0 spiro atoms. The second kappa shape index (κ2) is 8.46. The summed E-state index contributed by atoms with van der Waals surface area (Å²) in [6.07, 6.45) is 1.60. The number of nitrogens with one attached hydrogen (secondary N) is 2. The van der Waals surface area contributed by atoms with Gasteiger partial charge in [0, 0.05) is 30.3 Å². The van der Waals surface area contributed by atoms with Crippen molar-refractivity contribution < 1.29 is 4.79 Å². The Kier molecular flexibility index (Phi) is 5.55. The van der Waals surface area contributed by atoms with Crippen LogP contribution in [0.15, 0.2) is 59.5 Å². The van der Waals surface area contributed by atoms with Gasteiger partial charge in [-0.2, -0.15) is 5.10 Å². The summed E-state index contributed by atoms with van der Waals surface area (Å²) in [4.78, 5) is 24.5. The van der Waals surface area contributed by atoms with Gasteiger partial charge in [0.25, 0.3) is 11.5 Å². The van der Waals surface area contributed by atoms with Crippen molar-refractivity contribution in [2.24, 2.45) is 7.05 Å². The van der Waals surface area contributed by atoms with Crippen LogP contribution in [0.25, 0.3) is 5.82 Å². The van der Waals surface area contributed by atoms with Crippen molar-refractivity contribution in [3.05, 3.63) is 87.6 Å². The Bertz CT molecular complexity index is 1340. The van der Waals surface area contributed by atoms with Gasteiger partial charge >= 0.3 is 0 Å². The zero-order chi connectivity index (χ0) is 22.8. The number of anilines is 3. The van der Waals surface area contributed by atoms with Crippen LogP contribution in [-0.4, -0.2) is 30.5 Å². The molecule has 0 aliphatic heterocycles. The standard InChI is InChI=1S/C23H23N7O2/c1-14-15(2)28-30(16(14)3)21-12-11-20(26-27-21)24-17-7-9-18(10-8-17)25-22(31)19-6-5-13-29(4)23(19)32/h5-13H,1-4H3,(H,24,26)(H,25,31). The molecule has 2 N–H and O–H groups in total. The van der Waals surface area contributed by atoms with Crippen LogP contribution in [-0.2, 0) is 7.05 Å². The molecule has 0 unspecified atom stereocenters. The zero-order valence-electron chi connectivity index (χ0n) is 18.2. The molecule has 0 fully saturated rings. The first-order valence-corrected chi connectivity index (χ1v) is 10.0. The lowest BCUT2D eigenvalue weighted by Crippen LogP contribution is -2.26. The molecule has 0 bridgehead atoms. The summed E-state index contributed by atoms with van der Waals surface area (Å²) >= 11 is 0. The van der Waals surface area contributed by atoms with Gasteiger partial charge in [0.2, 0.25) is 0 Å². The van der Waals surface area contributed by atoms with Crippen molar-refractivity contribution in [3.8, 4) is 5.82 Å². The number of rotatable bonds is 5. The quantitative estimate of drug-likeness (QED) is 0.504. The molecule has 1 amide bonds. The number of carbonyl (C=O) groups excluding carboxylic acids is 1. The van der Waals surface area contributed by atoms with Gasteiger partial charge in [0.1, 0.15) is 5.56 Å². The van der Waals surface area contributed by atoms with Crippen molar-refractivity contribution in [3.63, 3.8) is 0 Å². The molecule has 162 valence electrons. The number of pyridine rings is 1. The molecule has 0 saturated carbocycles. The largest absolute Gasteiger partial charge is 0.339 e. The summed E-state index contributed by atoms with van der Waals surface area (Å²) < 4.78 is 3.14. The van der Waals surface area contributed by atoms with E-state index in [9.17, 15) is 9.59 Å². The number of amides is 1. The van der Waals surface area contributed by atoms with Crippen LogP contribution in [0.1, 0.15) is 27.3 Å². The minimum atomic E-state index is -0.451. The first-order chi connectivity index (χ1) is 15.3. The SMILES string of the molecule is Cc1nn(-c2ccc(Nc3ccc(NC(=O)c4cccn(C)c4=O)cc3)nn2)c(C)c1C. The van der Waals surface area contributed by atoms with E-state index in [1.54, 1.807) is 48.3 Å². The summed E-state index contributed by atoms with van der Waals surface area (Å²) in [5.41, 5.74) is 4.23. The van der Waals surface area contributed by atoms with Crippen molar-refractivity contribution >= 4 is 23.1 Å². The average molecular weight is 429 g/mol. The van der Waals surface area contributed by atoms with Crippen LogP contribution in [0, 0.1) is 20.8 Å². The third-order valence-corrected chi connectivity index (χ3v) is 5.30. The molecule has 9 heteroatoms. The molecular formula is C23H23N7O2. The van der Waals surface area contributed by atoms with E-state index in [1.165, 1.54) is 10.6 Å². The lowest BCUT2D eigenvalue weighted by Gasteiger charge is -2.09. The van der Waals surface area contributed by atoms with Gasteiger partial charge in [-0.05, 0) is 74.9 Å². The van der Waals surface area contributed by atoms with E-state index in [0.29, 0.717) is 17.3 Å². The van der Waals surface area contributed by atoms with Gasteiger partial charge in [0.05, 0.1) is 5.69 Å². The molecular weight excluding hydrogens is 406 g/mol. The highest BCUT2D eigenvalue weighted by atomic mass is 16.2. The number of benzene rings is 1.